The van der Waals surface area contributed by atoms with Crippen LogP contribution >= 0.6 is 0 Å². The Hall–Kier alpha value is -3.96. The predicted molar refractivity (Wildman–Crippen MR) is 141 cm³/mol. The first-order valence-electron chi connectivity index (χ1n) is 12.1. The van der Waals surface area contributed by atoms with Crippen molar-refractivity contribution in [1.29, 1.82) is 0 Å². The number of hydrogen-bond donors (Lipinski definition) is 3. The van der Waals surface area contributed by atoms with Crippen molar-refractivity contribution in [3.05, 3.63) is 107 Å². The fourth-order valence-corrected chi connectivity index (χ4v) is 4.71. The minimum atomic E-state index is -0.216. The Morgan fingerprint density at radius 3 is 2.51 bits per heavy atom. The molecule has 5 rings (SSSR count). The molecule has 1 saturated carbocycles. The van der Waals surface area contributed by atoms with Crippen molar-refractivity contribution < 1.29 is 9.90 Å². The van der Waals surface area contributed by atoms with E-state index in [1.165, 1.54) is 47.6 Å². The SMILES string of the molecule is O=C(C=Cc1ccc(C(=C(c2ccccc2)C2CCC2)c2cccc3[nH]ncc23)cc1)NCCO. The summed E-state index contributed by atoms with van der Waals surface area (Å²) in [5, 5.41) is 20.0. The number of allylic oxidation sites excluding steroid dienone is 1. The molecule has 3 N–H and O–H groups in total. The number of nitrogens with one attached hydrogen (secondary N) is 2. The quantitative estimate of drug-likeness (QED) is 0.240. The molecule has 5 heteroatoms. The van der Waals surface area contributed by atoms with E-state index >= 15 is 0 Å². The number of hydrogen-bond acceptors (Lipinski definition) is 3. The van der Waals surface area contributed by atoms with Crippen LogP contribution in [0.2, 0.25) is 0 Å². The Balaban J connectivity index is 1.62. The number of fused-ring (bicyclic) bond motifs is 1. The van der Waals surface area contributed by atoms with Gasteiger partial charge in [-0.05, 0) is 64.3 Å². The summed E-state index contributed by atoms with van der Waals surface area (Å²) in [5.74, 6) is 0.302. The largest absolute Gasteiger partial charge is 0.395 e. The number of aromatic amines is 1. The molecule has 0 radical (unpaired) electrons. The number of amides is 1. The smallest absolute Gasteiger partial charge is 0.244 e. The molecule has 4 aromatic rings. The molecule has 3 aromatic carbocycles. The summed E-state index contributed by atoms with van der Waals surface area (Å²) in [6, 6.07) is 25.4. The monoisotopic (exact) mass is 463 g/mol. The first kappa shape index (κ1) is 22.8. The van der Waals surface area contributed by atoms with Crippen molar-refractivity contribution in [3.8, 4) is 0 Å². The van der Waals surface area contributed by atoms with Crippen molar-refractivity contribution in [2.24, 2.45) is 5.92 Å². The van der Waals surface area contributed by atoms with E-state index in [-0.39, 0.29) is 19.1 Å². The van der Waals surface area contributed by atoms with Crippen molar-refractivity contribution >= 4 is 34.0 Å². The van der Waals surface area contributed by atoms with Crippen LogP contribution in [0.1, 0.15) is 41.5 Å². The number of aliphatic hydroxyl groups excluding tert-OH is 1. The Bertz CT molecular complexity index is 1360. The fourth-order valence-electron chi connectivity index (χ4n) is 4.71. The molecule has 35 heavy (non-hydrogen) atoms. The van der Waals surface area contributed by atoms with Gasteiger partial charge in [-0.1, -0.05) is 73.2 Å². The number of nitrogens with zero attached hydrogens (tertiary/aromatic N) is 1. The van der Waals surface area contributed by atoms with Crippen molar-refractivity contribution in [1.82, 2.24) is 15.5 Å². The normalized spacial score (nSPS) is 14.7. The molecule has 0 unspecified atom stereocenters. The minimum Gasteiger partial charge on any atom is -0.395 e. The standard InChI is InChI=1S/C30H29N3O2/c34-19-18-31-28(35)17-14-21-12-15-24(16-13-21)30(25-10-5-11-27-26(25)20-32-33-27)29(23-8-4-9-23)22-6-2-1-3-7-22/h1-3,5-7,10-17,20,23,34H,4,8-9,18-19H2,(H,31,35)(H,32,33). The fraction of sp³-hybridized carbons (Fsp3) is 0.200. The molecule has 0 aliphatic heterocycles. The first-order chi connectivity index (χ1) is 17.2. The lowest BCUT2D eigenvalue weighted by Crippen LogP contribution is -2.24. The molecule has 1 heterocycles. The van der Waals surface area contributed by atoms with Gasteiger partial charge in [0, 0.05) is 18.0 Å². The van der Waals surface area contributed by atoms with Crippen LogP contribution in [0.3, 0.4) is 0 Å². The van der Waals surface area contributed by atoms with Gasteiger partial charge in [0.05, 0.1) is 18.3 Å². The van der Waals surface area contributed by atoms with Gasteiger partial charge in [-0.3, -0.25) is 9.89 Å². The number of H-pyrrole nitrogens is 1. The van der Waals surface area contributed by atoms with Gasteiger partial charge in [-0.2, -0.15) is 5.10 Å². The molecule has 1 fully saturated rings. The molecule has 0 bridgehead atoms. The molecule has 1 aromatic heterocycles. The van der Waals surface area contributed by atoms with Crippen LogP contribution in [-0.4, -0.2) is 34.4 Å². The van der Waals surface area contributed by atoms with Gasteiger partial charge in [-0.25, -0.2) is 0 Å². The molecular formula is C30H29N3O2. The maximum Gasteiger partial charge on any atom is 0.244 e. The molecule has 1 aliphatic carbocycles. The van der Waals surface area contributed by atoms with Gasteiger partial charge in [0.15, 0.2) is 0 Å². The van der Waals surface area contributed by atoms with E-state index in [0.29, 0.717) is 5.92 Å². The summed E-state index contributed by atoms with van der Waals surface area (Å²) in [4.78, 5) is 11.9. The highest BCUT2D eigenvalue weighted by atomic mass is 16.3. The van der Waals surface area contributed by atoms with E-state index in [4.69, 9.17) is 5.11 Å². The lowest BCUT2D eigenvalue weighted by atomic mass is 9.73. The van der Waals surface area contributed by atoms with Crippen LogP contribution in [0.5, 0.6) is 0 Å². The number of carbonyl (C=O) groups excluding carboxylic acids is 1. The number of benzene rings is 3. The summed E-state index contributed by atoms with van der Waals surface area (Å²) in [7, 11) is 0. The third-order valence-corrected chi connectivity index (χ3v) is 6.66. The van der Waals surface area contributed by atoms with E-state index < -0.39 is 0 Å². The summed E-state index contributed by atoms with van der Waals surface area (Å²) < 4.78 is 0. The highest BCUT2D eigenvalue weighted by molar-refractivity contribution is 6.06. The molecular weight excluding hydrogens is 434 g/mol. The van der Waals surface area contributed by atoms with Gasteiger partial charge in [0.1, 0.15) is 0 Å². The average Bonchev–Trinajstić information content (AvgIpc) is 3.36. The number of carbonyl (C=O) groups is 1. The number of aliphatic hydroxyl groups is 1. The van der Waals surface area contributed by atoms with Crippen LogP contribution in [0.15, 0.2) is 85.1 Å². The summed E-state index contributed by atoms with van der Waals surface area (Å²) in [6.07, 6.45) is 8.85. The average molecular weight is 464 g/mol. The van der Waals surface area contributed by atoms with E-state index in [1.54, 1.807) is 6.08 Å². The molecule has 176 valence electrons. The van der Waals surface area contributed by atoms with E-state index in [2.05, 4.69) is 76.2 Å². The maximum atomic E-state index is 11.9. The Morgan fingerprint density at radius 2 is 1.80 bits per heavy atom. The first-order valence-corrected chi connectivity index (χ1v) is 12.1. The van der Waals surface area contributed by atoms with Crippen LogP contribution in [0.25, 0.3) is 28.1 Å². The van der Waals surface area contributed by atoms with Gasteiger partial charge in [0.2, 0.25) is 5.91 Å². The Labute approximate surface area is 205 Å². The number of rotatable bonds is 8. The molecule has 5 nitrogen and oxygen atoms in total. The van der Waals surface area contributed by atoms with Crippen molar-refractivity contribution in [2.45, 2.75) is 19.3 Å². The summed E-state index contributed by atoms with van der Waals surface area (Å²) in [5.41, 5.74) is 8.17. The third kappa shape index (κ3) is 4.96. The summed E-state index contributed by atoms with van der Waals surface area (Å²) in [6.45, 7) is 0.177. The number of aromatic nitrogens is 2. The lowest BCUT2D eigenvalue weighted by Gasteiger charge is -2.31. The summed E-state index contributed by atoms with van der Waals surface area (Å²) >= 11 is 0. The van der Waals surface area contributed by atoms with Crippen molar-refractivity contribution in [2.75, 3.05) is 13.2 Å². The lowest BCUT2D eigenvalue weighted by molar-refractivity contribution is -0.116. The van der Waals surface area contributed by atoms with E-state index in [9.17, 15) is 4.79 Å². The van der Waals surface area contributed by atoms with E-state index in [0.717, 1.165) is 22.0 Å². The topological polar surface area (TPSA) is 78.0 Å². The second-order valence-corrected chi connectivity index (χ2v) is 8.89. The zero-order chi connectivity index (χ0) is 24.0. The Morgan fingerprint density at radius 1 is 1.00 bits per heavy atom. The van der Waals surface area contributed by atoms with Crippen LogP contribution in [-0.2, 0) is 4.79 Å². The highest BCUT2D eigenvalue weighted by Gasteiger charge is 2.27. The second-order valence-electron chi connectivity index (χ2n) is 8.89. The molecule has 0 spiro atoms. The predicted octanol–water partition coefficient (Wildman–Crippen LogP) is 5.44. The van der Waals surface area contributed by atoms with Gasteiger partial charge < -0.3 is 10.4 Å². The molecule has 0 saturated heterocycles. The Kier molecular flexibility index (Phi) is 6.87. The molecule has 1 aliphatic rings. The van der Waals surface area contributed by atoms with Crippen LogP contribution in [0, 0.1) is 5.92 Å². The zero-order valence-corrected chi connectivity index (χ0v) is 19.6. The van der Waals surface area contributed by atoms with Gasteiger partial charge >= 0.3 is 0 Å². The molecule has 0 atom stereocenters. The van der Waals surface area contributed by atoms with E-state index in [1.807, 2.05) is 18.3 Å². The van der Waals surface area contributed by atoms with Gasteiger partial charge in [-0.15, -0.1) is 0 Å². The van der Waals surface area contributed by atoms with Gasteiger partial charge in [0.25, 0.3) is 0 Å². The maximum absolute atomic E-state index is 11.9. The second kappa shape index (κ2) is 10.5. The highest BCUT2D eigenvalue weighted by Crippen LogP contribution is 2.46. The molecule has 1 amide bonds. The minimum absolute atomic E-state index is 0.0719. The van der Waals surface area contributed by atoms with Crippen molar-refractivity contribution in [3.63, 3.8) is 0 Å². The van der Waals surface area contributed by atoms with Crippen LogP contribution < -0.4 is 5.32 Å². The third-order valence-electron chi connectivity index (χ3n) is 6.66. The van der Waals surface area contributed by atoms with Crippen LogP contribution in [0.4, 0.5) is 0 Å². The zero-order valence-electron chi connectivity index (χ0n) is 19.6.